The fourth-order valence-corrected chi connectivity index (χ4v) is 6.80. The summed E-state index contributed by atoms with van der Waals surface area (Å²) >= 11 is 10.1. The molecule has 2 aromatic carbocycles. The minimum Gasteiger partial charge on any atom is -0.274 e. The zero-order chi connectivity index (χ0) is 22.8. The molecule has 0 bridgehead atoms. The highest BCUT2D eigenvalue weighted by Gasteiger charge is 2.22. The predicted octanol–water partition coefficient (Wildman–Crippen LogP) is 7.02. The number of nitrogens with zero attached hydrogens (tertiary/aromatic N) is 4. The van der Waals surface area contributed by atoms with Gasteiger partial charge >= 0.3 is 0 Å². The van der Waals surface area contributed by atoms with Crippen molar-refractivity contribution in [3.8, 4) is 5.69 Å². The molecule has 0 aliphatic rings. The van der Waals surface area contributed by atoms with Gasteiger partial charge in [0.25, 0.3) is 0 Å². The van der Waals surface area contributed by atoms with E-state index >= 15 is 0 Å². The topological polar surface area (TPSA) is 51.0 Å². The van der Waals surface area contributed by atoms with Gasteiger partial charge in [-0.1, -0.05) is 59.0 Å². The maximum Gasteiger partial charge on any atom is 0.230 e. The lowest BCUT2D eigenvalue weighted by molar-refractivity contribution is -0.115. The lowest BCUT2D eigenvalue weighted by Crippen LogP contribution is -2.24. The number of aryl methyl sites for hydroxylation is 3. The molecule has 0 saturated carbocycles. The minimum atomic E-state index is -0.0480. The van der Waals surface area contributed by atoms with Crippen LogP contribution >= 0.6 is 46.7 Å². The van der Waals surface area contributed by atoms with Gasteiger partial charge in [0.2, 0.25) is 5.91 Å². The summed E-state index contributed by atoms with van der Waals surface area (Å²) in [6.07, 6.45) is 0. The van der Waals surface area contributed by atoms with Crippen molar-refractivity contribution in [2.45, 2.75) is 37.8 Å². The summed E-state index contributed by atoms with van der Waals surface area (Å²) in [4.78, 5) is 19.0. The molecule has 0 atom stereocenters. The second kappa shape index (κ2) is 9.66. The first-order chi connectivity index (χ1) is 15.3. The summed E-state index contributed by atoms with van der Waals surface area (Å²) in [5.41, 5.74) is 6.09. The molecule has 0 N–H and O–H groups in total. The third-order valence-corrected chi connectivity index (χ3v) is 8.05. The van der Waals surface area contributed by atoms with Crippen molar-refractivity contribution < 1.29 is 4.79 Å². The predicted molar refractivity (Wildman–Crippen MR) is 137 cm³/mol. The van der Waals surface area contributed by atoms with Gasteiger partial charge in [-0.3, -0.25) is 9.69 Å². The SMILES string of the molecule is CC(=O)N(c1nc(CSc2nn(-c3ccccc3)c(=S)s2)cs1)c1c(C)cc(C)cc1C. The van der Waals surface area contributed by atoms with E-state index in [1.54, 1.807) is 28.3 Å². The first-order valence-electron chi connectivity index (χ1n) is 9.95. The number of anilines is 2. The molecule has 2 heterocycles. The number of aromatic nitrogens is 3. The normalized spacial score (nSPS) is 11.0. The second-order valence-electron chi connectivity index (χ2n) is 7.39. The van der Waals surface area contributed by atoms with Gasteiger partial charge in [0, 0.05) is 18.1 Å². The van der Waals surface area contributed by atoms with Gasteiger partial charge in [-0.15, -0.1) is 16.4 Å². The Kier molecular flexibility index (Phi) is 6.90. The van der Waals surface area contributed by atoms with Gasteiger partial charge in [0.05, 0.1) is 17.1 Å². The average molecular weight is 499 g/mol. The zero-order valence-corrected chi connectivity index (χ0v) is 21.4. The van der Waals surface area contributed by atoms with Gasteiger partial charge < -0.3 is 0 Å². The number of thiazole rings is 1. The summed E-state index contributed by atoms with van der Waals surface area (Å²) in [7, 11) is 0. The van der Waals surface area contributed by atoms with Crippen LogP contribution in [-0.4, -0.2) is 20.7 Å². The Morgan fingerprint density at radius 1 is 1.16 bits per heavy atom. The molecule has 4 aromatic rings. The quantitative estimate of drug-likeness (QED) is 0.211. The van der Waals surface area contributed by atoms with E-state index < -0.39 is 0 Å². The van der Waals surface area contributed by atoms with Crippen molar-refractivity contribution in [1.82, 2.24) is 14.8 Å². The molecule has 0 unspecified atom stereocenters. The Labute approximate surface area is 204 Å². The van der Waals surface area contributed by atoms with Crippen molar-refractivity contribution in [3.63, 3.8) is 0 Å². The van der Waals surface area contributed by atoms with E-state index in [0.717, 1.165) is 32.5 Å². The standard InChI is InChI=1S/C23H22N4OS4/c1-14-10-15(2)20(16(3)11-14)26(17(4)28)21-24-18(12-30-21)13-31-22-25-27(23(29)32-22)19-8-6-5-7-9-19/h5-12H,13H2,1-4H3. The smallest absolute Gasteiger partial charge is 0.230 e. The van der Waals surface area contributed by atoms with Crippen LogP contribution in [0.5, 0.6) is 0 Å². The van der Waals surface area contributed by atoms with Crippen molar-refractivity contribution in [3.05, 3.63) is 74.2 Å². The van der Waals surface area contributed by atoms with Gasteiger partial charge in [-0.2, -0.15) is 0 Å². The summed E-state index contributed by atoms with van der Waals surface area (Å²) < 4.78 is 3.39. The molecule has 1 amide bonds. The molecule has 0 radical (unpaired) electrons. The molecule has 0 saturated heterocycles. The molecule has 0 spiro atoms. The summed E-state index contributed by atoms with van der Waals surface area (Å²) in [6.45, 7) is 7.71. The number of para-hydroxylation sites is 1. The number of hydrogen-bond acceptors (Lipinski definition) is 7. The summed E-state index contributed by atoms with van der Waals surface area (Å²) in [6, 6.07) is 14.1. The summed E-state index contributed by atoms with van der Waals surface area (Å²) in [5, 5.41) is 7.34. The molecule has 0 fully saturated rings. The van der Waals surface area contributed by atoms with E-state index in [2.05, 4.69) is 24.2 Å². The van der Waals surface area contributed by atoms with Crippen LogP contribution in [0, 0.1) is 24.7 Å². The van der Waals surface area contributed by atoms with Crippen LogP contribution in [-0.2, 0) is 10.5 Å². The zero-order valence-electron chi connectivity index (χ0n) is 18.2. The number of rotatable bonds is 6. The third kappa shape index (κ3) is 4.85. The highest BCUT2D eigenvalue weighted by molar-refractivity contribution is 8.00. The Bertz CT molecular complexity index is 1300. The Hall–Kier alpha value is -2.33. The van der Waals surface area contributed by atoms with Crippen molar-refractivity contribution in [2.24, 2.45) is 0 Å². The molecular weight excluding hydrogens is 477 g/mol. The number of carbonyl (C=O) groups excluding carboxylic acids is 1. The first-order valence-corrected chi connectivity index (χ1v) is 13.0. The van der Waals surface area contributed by atoms with Crippen molar-refractivity contribution >= 4 is 63.4 Å². The van der Waals surface area contributed by atoms with E-state index in [1.807, 2.05) is 49.6 Å². The van der Waals surface area contributed by atoms with Crippen LogP contribution in [0.2, 0.25) is 0 Å². The number of benzene rings is 2. The molecule has 4 rings (SSSR count). The molecular formula is C23H22N4OS4. The maximum absolute atomic E-state index is 12.6. The second-order valence-corrected chi connectivity index (χ2v) is 11.1. The van der Waals surface area contributed by atoms with E-state index in [1.165, 1.54) is 28.2 Å². The number of amides is 1. The lowest BCUT2D eigenvalue weighted by atomic mass is 10.0. The van der Waals surface area contributed by atoms with Crippen LogP contribution in [0.3, 0.4) is 0 Å². The van der Waals surface area contributed by atoms with Crippen LogP contribution in [0.25, 0.3) is 5.69 Å². The lowest BCUT2D eigenvalue weighted by Gasteiger charge is -2.23. The van der Waals surface area contributed by atoms with E-state index in [9.17, 15) is 4.79 Å². The van der Waals surface area contributed by atoms with E-state index in [-0.39, 0.29) is 5.91 Å². The fraction of sp³-hybridized carbons (Fsp3) is 0.217. The number of carbonyl (C=O) groups is 1. The summed E-state index contributed by atoms with van der Waals surface area (Å²) in [5.74, 6) is 0.610. The van der Waals surface area contributed by atoms with E-state index in [0.29, 0.717) is 14.8 Å². The minimum absolute atomic E-state index is 0.0480. The molecule has 0 aliphatic carbocycles. The van der Waals surface area contributed by atoms with Gasteiger partial charge in [0.15, 0.2) is 13.4 Å². The largest absolute Gasteiger partial charge is 0.274 e. The van der Waals surface area contributed by atoms with Crippen molar-refractivity contribution in [1.29, 1.82) is 0 Å². The van der Waals surface area contributed by atoms with Crippen LogP contribution in [0.1, 0.15) is 29.3 Å². The van der Waals surface area contributed by atoms with Gasteiger partial charge in [0.1, 0.15) is 0 Å². The van der Waals surface area contributed by atoms with Gasteiger partial charge in [-0.25, -0.2) is 9.67 Å². The fourth-order valence-electron chi connectivity index (χ4n) is 3.57. The van der Waals surface area contributed by atoms with Gasteiger partial charge in [-0.05, 0) is 56.2 Å². The number of hydrogen-bond donors (Lipinski definition) is 0. The Morgan fingerprint density at radius 2 is 1.84 bits per heavy atom. The molecule has 5 nitrogen and oxygen atoms in total. The maximum atomic E-state index is 12.6. The molecule has 0 aliphatic heterocycles. The molecule has 9 heteroatoms. The molecule has 164 valence electrons. The van der Waals surface area contributed by atoms with Crippen molar-refractivity contribution in [2.75, 3.05) is 4.90 Å². The Morgan fingerprint density at radius 3 is 2.50 bits per heavy atom. The first kappa shape index (κ1) is 22.8. The third-order valence-electron chi connectivity index (χ3n) is 4.78. The Balaban J connectivity index is 1.54. The van der Waals surface area contributed by atoms with E-state index in [4.69, 9.17) is 17.2 Å². The van der Waals surface area contributed by atoms with Crippen LogP contribution in [0.4, 0.5) is 10.8 Å². The highest BCUT2D eigenvalue weighted by atomic mass is 32.2. The van der Waals surface area contributed by atoms with Crippen LogP contribution in [0.15, 0.2) is 52.2 Å². The van der Waals surface area contributed by atoms with Crippen LogP contribution < -0.4 is 4.90 Å². The number of thioether (sulfide) groups is 1. The molecule has 2 aromatic heterocycles. The monoisotopic (exact) mass is 498 g/mol. The molecule has 32 heavy (non-hydrogen) atoms. The average Bonchev–Trinajstić information content (AvgIpc) is 3.35. The highest BCUT2D eigenvalue weighted by Crippen LogP contribution is 2.36.